The second-order valence-electron chi connectivity index (χ2n) is 8.38. The first kappa shape index (κ1) is 27.8. The van der Waals surface area contributed by atoms with Crippen LogP contribution < -0.4 is 20.1 Å². The maximum Gasteiger partial charge on any atom is 0.264 e. The first-order valence-corrected chi connectivity index (χ1v) is 13.7. The lowest BCUT2D eigenvalue weighted by Gasteiger charge is -2.15. The summed E-state index contributed by atoms with van der Waals surface area (Å²) in [4.78, 5) is 30.0. The first-order valence-electron chi connectivity index (χ1n) is 11.7. The maximum atomic E-state index is 12.6. The van der Waals surface area contributed by atoms with Crippen LogP contribution in [-0.2, 0) is 9.59 Å². The van der Waals surface area contributed by atoms with Crippen LogP contribution >= 0.6 is 39.3 Å². The van der Waals surface area contributed by atoms with Gasteiger partial charge in [-0.15, -0.1) is 0 Å². The molecule has 0 aromatic heterocycles. The SMILES string of the molecule is CCOc1cc(/C=C2\SC(=Nc3ccc(C)cc3)NC2=O)cc(Br)c1OCC(=O)Nc1ccc(C)c(Cl)c1. The highest BCUT2D eigenvalue weighted by molar-refractivity contribution is 9.10. The number of nitrogens with one attached hydrogen (secondary N) is 2. The highest BCUT2D eigenvalue weighted by Crippen LogP contribution is 2.38. The molecule has 0 spiro atoms. The highest BCUT2D eigenvalue weighted by atomic mass is 79.9. The van der Waals surface area contributed by atoms with Crippen molar-refractivity contribution >= 4 is 73.7 Å². The van der Waals surface area contributed by atoms with Crippen LogP contribution in [-0.4, -0.2) is 30.2 Å². The van der Waals surface area contributed by atoms with E-state index < -0.39 is 0 Å². The van der Waals surface area contributed by atoms with Gasteiger partial charge in [0.15, 0.2) is 23.3 Å². The second kappa shape index (κ2) is 12.5. The van der Waals surface area contributed by atoms with Gasteiger partial charge in [-0.1, -0.05) is 35.4 Å². The van der Waals surface area contributed by atoms with E-state index >= 15 is 0 Å². The van der Waals surface area contributed by atoms with E-state index in [1.165, 1.54) is 11.8 Å². The summed E-state index contributed by atoms with van der Waals surface area (Å²) in [7, 11) is 0. The molecule has 1 heterocycles. The molecule has 0 aliphatic carbocycles. The van der Waals surface area contributed by atoms with Gasteiger partial charge < -0.3 is 20.1 Å². The Labute approximate surface area is 238 Å². The van der Waals surface area contributed by atoms with Crippen LogP contribution in [0, 0.1) is 13.8 Å². The number of nitrogens with zero attached hydrogens (tertiary/aromatic N) is 1. The third-order valence-electron chi connectivity index (χ3n) is 5.35. The summed E-state index contributed by atoms with van der Waals surface area (Å²) in [6, 6.07) is 16.6. The second-order valence-corrected chi connectivity index (χ2v) is 10.7. The molecule has 3 aromatic carbocycles. The molecule has 4 rings (SSSR count). The molecule has 0 atom stereocenters. The lowest BCUT2D eigenvalue weighted by molar-refractivity contribution is -0.118. The number of hydrogen-bond acceptors (Lipinski definition) is 6. The number of hydrogen-bond donors (Lipinski definition) is 2. The minimum atomic E-state index is -0.343. The number of benzene rings is 3. The van der Waals surface area contributed by atoms with Gasteiger partial charge in [-0.25, -0.2) is 4.99 Å². The van der Waals surface area contributed by atoms with Crippen LogP contribution in [0.4, 0.5) is 11.4 Å². The number of aliphatic imine (C=N–C) groups is 1. The van der Waals surface area contributed by atoms with Crippen LogP contribution in [0.15, 0.2) is 69.0 Å². The molecule has 196 valence electrons. The Kier molecular flexibility index (Phi) is 9.14. The summed E-state index contributed by atoms with van der Waals surface area (Å²) in [5.74, 6) is 0.251. The summed E-state index contributed by atoms with van der Waals surface area (Å²) >= 11 is 10.9. The molecule has 1 aliphatic heterocycles. The van der Waals surface area contributed by atoms with Gasteiger partial charge in [-0.3, -0.25) is 9.59 Å². The van der Waals surface area contributed by atoms with Gasteiger partial charge in [0.1, 0.15) is 0 Å². The van der Waals surface area contributed by atoms with Gasteiger partial charge in [0.25, 0.3) is 11.8 Å². The predicted octanol–water partition coefficient (Wildman–Crippen LogP) is 7.03. The van der Waals surface area contributed by atoms with Crippen LogP contribution in [0.25, 0.3) is 6.08 Å². The fourth-order valence-corrected chi connectivity index (χ4v) is 5.04. The number of aryl methyl sites for hydroxylation is 2. The number of carbonyl (C=O) groups excluding carboxylic acids is 2. The Morgan fingerprint density at radius 3 is 2.61 bits per heavy atom. The number of anilines is 1. The van der Waals surface area contributed by atoms with Crippen molar-refractivity contribution in [2.45, 2.75) is 20.8 Å². The third-order valence-corrected chi connectivity index (χ3v) is 7.25. The van der Waals surface area contributed by atoms with Crippen molar-refractivity contribution in [1.82, 2.24) is 5.32 Å². The number of rotatable bonds is 8. The fourth-order valence-electron chi connectivity index (χ4n) is 3.45. The molecule has 38 heavy (non-hydrogen) atoms. The van der Waals surface area contributed by atoms with Crippen molar-refractivity contribution in [3.63, 3.8) is 0 Å². The number of ether oxygens (including phenoxy) is 2. The number of amides is 2. The lowest BCUT2D eigenvalue weighted by atomic mass is 10.2. The van der Waals surface area contributed by atoms with Gasteiger partial charge in [-0.05, 0) is 102 Å². The van der Waals surface area contributed by atoms with Crippen molar-refractivity contribution < 1.29 is 19.1 Å². The summed E-state index contributed by atoms with van der Waals surface area (Å²) < 4.78 is 12.2. The molecule has 1 aliphatic rings. The van der Waals surface area contributed by atoms with Gasteiger partial charge >= 0.3 is 0 Å². The van der Waals surface area contributed by atoms with Gasteiger partial charge in [0.2, 0.25) is 0 Å². The van der Waals surface area contributed by atoms with E-state index in [-0.39, 0.29) is 18.4 Å². The van der Waals surface area contributed by atoms with Crippen molar-refractivity contribution in [3.8, 4) is 11.5 Å². The average Bonchev–Trinajstić information content (AvgIpc) is 3.20. The standard InChI is InChI=1S/C28H25BrClN3O4S/c1-4-36-23-12-18(13-24-27(35)33-28(38-24)32-19-8-5-16(2)6-9-19)11-21(29)26(23)37-15-25(34)31-20-10-7-17(3)22(30)14-20/h5-14H,4,15H2,1-3H3,(H,31,34)(H,32,33,35)/b24-13-. The number of thioether (sulfide) groups is 1. The number of halogens is 2. The van der Waals surface area contributed by atoms with Crippen molar-refractivity contribution in [1.29, 1.82) is 0 Å². The molecule has 10 heteroatoms. The molecule has 3 aromatic rings. The lowest BCUT2D eigenvalue weighted by Crippen LogP contribution is -2.20. The van der Waals surface area contributed by atoms with Crippen LogP contribution in [0.3, 0.4) is 0 Å². The zero-order valence-corrected chi connectivity index (χ0v) is 24.1. The van der Waals surface area contributed by atoms with Crippen LogP contribution in [0.2, 0.25) is 5.02 Å². The molecule has 1 saturated heterocycles. The summed E-state index contributed by atoms with van der Waals surface area (Å²) in [5.41, 5.74) is 4.12. The minimum Gasteiger partial charge on any atom is -0.490 e. The molecule has 0 saturated carbocycles. The van der Waals surface area contributed by atoms with Crippen LogP contribution in [0.5, 0.6) is 11.5 Å². The summed E-state index contributed by atoms with van der Waals surface area (Å²) in [5, 5.41) is 6.64. The Morgan fingerprint density at radius 2 is 1.89 bits per heavy atom. The quantitative estimate of drug-likeness (QED) is 0.266. The predicted molar refractivity (Wildman–Crippen MR) is 158 cm³/mol. The monoisotopic (exact) mass is 613 g/mol. The maximum absolute atomic E-state index is 12.6. The Balaban J connectivity index is 1.48. The van der Waals surface area contributed by atoms with Gasteiger partial charge in [0, 0.05) is 10.7 Å². The van der Waals surface area contributed by atoms with E-state index in [4.69, 9.17) is 21.1 Å². The normalized spacial score (nSPS) is 15.0. The largest absolute Gasteiger partial charge is 0.490 e. The molecule has 0 bridgehead atoms. The molecule has 7 nitrogen and oxygen atoms in total. The Hall–Kier alpha value is -3.27. The molecular weight excluding hydrogens is 590 g/mol. The Morgan fingerprint density at radius 1 is 1.13 bits per heavy atom. The van der Waals surface area contributed by atoms with E-state index in [0.29, 0.717) is 43.4 Å². The molecule has 1 fully saturated rings. The van der Waals surface area contributed by atoms with Crippen molar-refractivity contribution in [3.05, 3.63) is 85.7 Å². The van der Waals surface area contributed by atoms with Gasteiger partial charge in [0.05, 0.1) is 21.7 Å². The topological polar surface area (TPSA) is 89.0 Å². The Bertz CT molecular complexity index is 1440. The molecule has 2 N–H and O–H groups in total. The number of amidine groups is 1. The minimum absolute atomic E-state index is 0.233. The third kappa shape index (κ3) is 7.18. The average molecular weight is 615 g/mol. The highest BCUT2D eigenvalue weighted by Gasteiger charge is 2.24. The van der Waals surface area contributed by atoms with Crippen molar-refractivity contribution in [2.24, 2.45) is 4.99 Å². The molecule has 0 unspecified atom stereocenters. The zero-order valence-electron chi connectivity index (χ0n) is 20.9. The van der Waals surface area contributed by atoms with E-state index in [2.05, 4.69) is 31.6 Å². The molecular formula is C28H25BrClN3O4S. The smallest absolute Gasteiger partial charge is 0.264 e. The van der Waals surface area contributed by atoms with E-state index in [9.17, 15) is 9.59 Å². The summed E-state index contributed by atoms with van der Waals surface area (Å²) in [6.45, 7) is 5.90. The first-order chi connectivity index (χ1) is 18.2. The van der Waals surface area contributed by atoms with Crippen molar-refractivity contribution in [2.75, 3.05) is 18.5 Å². The van der Waals surface area contributed by atoms with E-state index in [1.54, 1.807) is 30.3 Å². The van der Waals surface area contributed by atoms with E-state index in [0.717, 1.165) is 22.4 Å². The fraction of sp³-hybridized carbons (Fsp3) is 0.179. The number of carbonyl (C=O) groups is 2. The molecule has 0 radical (unpaired) electrons. The summed E-state index contributed by atoms with van der Waals surface area (Å²) in [6.07, 6.45) is 1.75. The van der Waals surface area contributed by atoms with Crippen LogP contribution in [0.1, 0.15) is 23.6 Å². The zero-order chi connectivity index (χ0) is 27.2. The van der Waals surface area contributed by atoms with E-state index in [1.807, 2.05) is 51.1 Å². The molecule has 2 amide bonds. The van der Waals surface area contributed by atoms with Gasteiger partial charge in [-0.2, -0.15) is 0 Å².